The van der Waals surface area contributed by atoms with E-state index < -0.39 is 19.9 Å². The van der Waals surface area contributed by atoms with Crippen LogP contribution in [0.1, 0.15) is 53.4 Å². The number of nitrogens with zero attached hydrogens (tertiary/aromatic N) is 2. The molecule has 3 heterocycles. The molecule has 6 aromatic rings. The summed E-state index contributed by atoms with van der Waals surface area (Å²) in [6.07, 6.45) is 3.69. The molecule has 6 rings (SSSR count). The molecule has 223 valence electrons. The molecule has 0 fully saturated rings. The number of benzene rings is 3. The Kier molecular flexibility index (Phi) is 9.59. The van der Waals surface area contributed by atoms with Crippen LogP contribution in [0.25, 0.3) is 42.7 Å². The molecule has 0 unspecified atom stereocenters. The Morgan fingerprint density at radius 1 is 0.884 bits per heavy atom. The molecule has 2 nitrogen and oxygen atoms in total. The molecule has 0 N–H and O–H groups in total. The van der Waals surface area contributed by atoms with Crippen molar-refractivity contribution in [2.45, 2.75) is 59.1 Å². The Morgan fingerprint density at radius 2 is 1.63 bits per heavy atom. The number of aromatic nitrogens is 2. The maximum Gasteiger partial charge on any atom is 0.0799 e. The second-order valence-electron chi connectivity index (χ2n) is 11.9. The van der Waals surface area contributed by atoms with Gasteiger partial charge in [-0.05, 0) is 56.0 Å². The maximum absolute atomic E-state index is 14.4. The van der Waals surface area contributed by atoms with E-state index >= 15 is 0 Å². The molecule has 0 atom stereocenters. The van der Waals surface area contributed by atoms with Crippen LogP contribution in [0.2, 0.25) is 19.6 Å². The van der Waals surface area contributed by atoms with E-state index in [0.29, 0.717) is 5.39 Å². The van der Waals surface area contributed by atoms with Crippen molar-refractivity contribution in [1.29, 1.82) is 0 Å². The average Bonchev–Trinajstić information content (AvgIpc) is 3.37. The van der Waals surface area contributed by atoms with Gasteiger partial charge in [-0.1, -0.05) is 88.8 Å². The molecule has 43 heavy (non-hydrogen) atoms. The normalized spacial score (nSPS) is 12.7. The van der Waals surface area contributed by atoms with Gasteiger partial charge in [0.2, 0.25) is 0 Å². The third-order valence-corrected chi connectivity index (χ3v) is 10.4. The molecule has 3 aromatic carbocycles. The van der Waals surface area contributed by atoms with E-state index in [2.05, 4.69) is 47.8 Å². The van der Waals surface area contributed by atoms with Crippen molar-refractivity contribution in [2.24, 2.45) is 0 Å². The first kappa shape index (κ1) is 30.0. The van der Waals surface area contributed by atoms with Gasteiger partial charge in [0.1, 0.15) is 0 Å². The first-order chi connectivity index (χ1) is 20.6. The second kappa shape index (κ2) is 13.7. The van der Waals surface area contributed by atoms with E-state index in [9.17, 15) is 4.39 Å². The smallest absolute Gasteiger partial charge is 0.0799 e. The third-order valence-electron chi connectivity index (χ3n) is 7.23. The molecular weight excluding hydrogens is 744 g/mol. The molecule has 0 aliphatic rings. The Hall–Kier alpha value is -3.02. The van der Waals surface area contributed by atoms with Crippen LogP contribution in [0.15, 0.2) is 85.2 Å². The number of fused-ring (bicyclic) bond motifs is 3. The minimum absolute atomic E-state index is 0. The number of hydrogen-bond donors (Lipinski definition) is 0. The van der Waals surface area contributed by atoms with Gasteiger partial charge in [-0.25, -0.2) is 0 Å². The summed E-state index contributed by atoms with van der Waals surface area (Å²) in [6, 6.07) is 29.1. The van der Waals surface area contributed by atoms with Gasteiger partial charge in [0, 0.05) is 45.8 Å². The molecular formula is C37H37FIrN2SSi-2. The summed E-state index contributed by atoms with van der Waals surface area (Å²) in [4.78, 5) is 9.05. The van der Waals surface area contributed by atoms with E-state index in [1.54, 1.807) is 17.5 Å². The summed E-state index contributed by atoms with van der Waals surface area (Å²) in [7, 11) is -1.50. The number of rotatable bonds is 5. The molecule has 0 saturated heterocycles. The van der Waals surface area contributed by atoms with Crippen LogP contribution >= 0.6 is 11.3 Å². The van der Waals surface area contributed by atoms with E-state index in [1.165, 1.54) is 11.3 Å². The van der Waals surface area contributed by atoms with Crippen molar-refractivity contribution in [3.05, 3.63) is 114 Å². The van der Waals surface area contributed by atoms with Crippen molar-refractivity contribution < 1.29 is 27.2 Å². The van der Waals surface area contributed by atoms with Gasteiger partial charge in [0.25, 0.3) is 0 Å². The molecule has 0 spiro atoms. The summed E-state index contributed by atoms with van der Waals surface area (Å²) in [5, 5.41) is 2.82. The van der Waals surface area contributed by atoms with Crippen LogP contribution in [0.4, 0.5) is 4.39 Å². The van der Waals surface area contributed by atoms with Crippen LogP contribution in [0, 0.1) is 17.9 Å². The van der Waals surface area contributed by atoms with Crippen LogP contribution in [0.3, 0.4) is 0 Å². The molecule has 0 bridgehead atoms. The van der Waals surface area contributed by atoms with Crippen molar-refractivity contribution in [3.63, 3.8) is 0 Å². The van der Waals surface area contributed by atoms with Crippen LogP contribution < -0.4 is 5.19 Å². The molecule has 0 saturated carbocycles. The van der Waals surface area contributed by atoms with E-state index in [1.807, 2.05) is 94.6 Å². The zero-order valence-electron chi connectivity index (χ0n) is 27.6. The van der Waals surface area contributed by atoms with Crippen LogP contribution in [-0.4, -0.2) is 18.0 Å². The Labute approximate surface area is 276 Å². The van der Waals surface area contributed by atoms with Crippen LogP contribution in [0.5, 0.6) is 0 Å². The monoisotopic (exact) mass is 783 g/mol. The first-order valence-electron chi connectivity index (χ1n) is 15.1. The predicted octanol–water partition coefficient (Wildman–Crippen LogP) is 10.4. The van der Waals surface area contributed by atoms with Gasteiger partial charge in [-0.15, -0.1) is 53.6 Å². The van der Waals surface area contributed by atoms with E-state index in [-0.39, 0.29) is 25.9 Å². The SMILES string of the molecule is [2H]C(C)(C)c1cc(-c2[c-]cccc2)ncc1[Si](C)(C)C.[2H]C(C)(C)c1ccnc(-c2[c-]cc(F)c3c2sc2ccccc23)c1.[Ir]. The van der Waals surface area contributed by atoms with Crippen molar-refractivity contribution in [3.8, 4) is 22.5 Å². The van der Waals surface area contributed by atoms with Crippen molar-refractivity contribution in [1.82, 2.24) is 9.97 Å². The van der Waals surface area contributed by atoms with Gasteiger partial charge in [0.05, 0.1) is 8.07 Å². The maximum atomic E-state index is 14.4. The summed E-state index contributed by atoms with van der Waals surface area (Å²) in [6.45, 7) is 14.5. The Bertz CT molecular complexity index is 1940. The van der Waals surface area contributed by atoms with Gasteiger partial charge in [-0.2, -0.15) is 11.3 Å². The van der Waals surface area contributed by atoms with Gasteiger partial charge in [-0.3, -0.25) is 4.39 Å². The minimum atomic E-state index is -1.50. The molecule has 6 heteroatoms. The molecule has 0 aliphatic heterocycles. The molecule has 1 radical (unpaired) electrons. The molecule has 0 aliphatic carbocycles. The Morgan fingerprint density at radius 3 is 2.30 bits per heavy atom. The fourth-order valence-corrected chi connectivity index (χ4v) is 7.77. The number of thiophene rings is 1. The molecule has 0 amide bonds. The quantitative estimate of drug-likeness (QED) is 0.129. The van der Waals surface area contributed by atoms with E-state index in [4.69, 9.17) is 2.74 Å². The van der Waals surface area contributed by atoms with Crippen LogP contribution in [-0.2, 0) is 20.1 Å². The second-order valence-corrected chi connectivity index (χ2v) is 18.0. The number of pyridine rings is 2. The van der Waals surface area contributed by atoms with Crippen molar-refractivity contribution in [2.75, 3.05) is 0 Å². The zero-order chi connectivity index (χ0) is 31.9. The molecule has 3 aromatic heterocycles. The third kappa shape index (κ3) is 7.21. The standard InChI is InChI=1S/C20H15FNS.C17H22NSi.Ir/c1-12(2)13-9-10-22-17(11-13)14-7-8-16(21)19-15-5-3-4-6-18(15)23-20(14)19;1-13(2)15-11-16(14-9-7-6-8-10-14)18-12-17(15)19(3,4)5;/h3-6,8-12H,1-2H3;6-9,11-13H,1-5H3;/q2*-1;/i12D;13D;. The predicted molar refractivity (Wildman–Crippen MR) is 181 cm³/mol. The van der Waals surface area contributed by atoms with Crippen molar-refractivity contribution >= 4 is 44.8 Å². The largest absolute Gasteiger partial charge is 0.305 e. The fourth-order valence-electron chi connectivity index (χ4n) is 4.97. The van der Waals surface area contributed by atoms with Gasteiger partial charge < -0.3 is 9.97 Å². The summed E-state index contributed by atoms with van der Waals surface area (Å²) >= 11 is 1.55. The summed E-state index contributed by atoms with van der Waals surface area (Å²) in [5.74, 6) is -1.58. The number of halogens is 1. The summed E-state index contributed by atoms with van der Waals surface area (Å²) in [5.41, 5.74) is 5.38. The summed E-state index contributed by atoms with van der Waals surface area (Å²) < 4.78 is 33.0. The van der Waals surface area contributed by atoms with Gasteiger partial charge >= 0.3 is 0 Å². The number of hydrogen-bond acceptors (Lipinski definition) is 3. The van der Waals surface area contributed by atoms with E-state index in [0.717, 1.165) is 48.4 Å². The minimum Gasteiger partial charge on any atom is -0.305 e. The fraction of sp³-hybridized carbons (Fsp3) is 0.243. The topological polar surface area (TPSA) is 25.8 Å². The first-order valence-corrected chi connectivity index (χ1v) is 18.4. The van der Waals surface area contributed by atoms with Gasteiger partial charge in [0.15, 0.2) is 0 Å². The average molecular weight is 783 g/mol. The Balaban J connectivity index is 0.000000204. The zero-order valence-corrected chi connectivity index (χ0v) is 29.8.